The fourth-order valence-corrected chi connectivity index (χ4v) is 2.06. The van der Waals surface area contributed by atoms with E-state index in [1.54, 1.807) is 12.3 Å². The maximum absolute atomic E-state index is 12.1. The van der Waals surface area contributed by atoms with E-state index in [1.807, 2.05) is 24.3 Å². The first kappa shape index (κ1) is 15.0. The molecule has 0 bridgehead atoms. The van der Waals surface area contributed by atoms with Gasteiger partial charge in [0.15, 0.2) is 0 Å². The van der Waals surface area contributed by atoms with Gasteiger partial charge in [-0.15, -0.1) is 0 Å². The smallest absolute Gasteiger partial charge is 0.338 e. The molecule has 0 radical (unpaired) electrons. The van der Waals surface area contributed by atoms with Crippen molar-refractivity contribution in [2.24, 2.45) is 0 Å². The maximum atomic E-state index is 12.1. The molecule has 0 aliphatic carbocycles. The number of nitrogens with zero attached hydrogens (tertiary/aromatic N) is 1. The van der Waals surface area contributed by atoms with Gasteiger partial charge in [-0.3, -0.25) is 9.36 Å². The topological polar surface area (TPSA) is 48.3 Å². The van der Waals surface area contributed by atoms with Gasteiger partial charge in [-0.25, -0.2) is 4.79 Å². The van der Waals surface area contributed by atoms with Gasteiger partial charge in [0.1, 0.15) is 0 Å². The molecule has 1 aromatic heterocycles. The van der Waals surface area contributed by atoms with Gasteiger partial charge in [0, 0.05) is 18.0 Å². The molecular weight excluding hydrogens is 266 g/mol. The first-order valence-corrected chi connectivity index (χ1v) is 6.75. The Hall–Kier alpha value is -2.36. The van der Waals surface area contributed by atoms with Crippen molar-refractivity contribution in [2.45, 2.75) is 26.2 Å². The third kappa shape index (κ3) is 3.21. The minimum Gasteiger partial charge on any atom is -0.465 e. The average Bonchev–Trinajstić information content (AvgIpc) is 2.45. The summed E-state index contributed by atoms with van der Waals surface area (Å²) in [6.45, 7) is 6.41. The molecule has 0 amide bonds. The number of benzene rings is 1. The summed E-state index contributed by atoms with van der Waals surface area (Å²) in [5.74, 6) is -0.512. The number of rotatable bonds is 2. The molecular formula is C17H19NO3. The van der Waals surface area contributed by atoms with Crippen molar-refractivity contribution in [3.05, 3.63) is 64.1 Å². The molecule has 0 unspecified atom stereocenters. The lowest BCUT2D eigenvalue weighted by atomic mass is 9.87. The number of methoxy groups -OCH3 is 1. The van der Waals surface area contributed by atoms with Crippen LogP contribution in [0.3, 0.4) is 0 Å². The highest BCUT2D eigenvalue weighted by molar-refractivity contribution is 5.89. The SMILES string of the molecule is COC(=O)c1ccn(-c2ccc(C(C)(C)C)cc2)c(=O)c1. The summed E-state index contributed by atoms with van der Waals surface area (Å²) in [4.78, 5) is 23.5. The van der Waals surface area contributed by atoms with Gasteiger partial charge in [-0.1, -0.05) is 32.9 Å². The Morgan fingerprint density at radius 1 is 1.10 bits per heavy atom. The first-order chi connectivity index (χ1) is 9.82. The van der Waals surface area contributed by atoms with Crippen LogP contribution in [0.25, 0.3) is 5.69 Å². The number of hydrogen-bond donors (Lipinski definition) is 0. The normalized spacial score (nSPS) is 11.2. The largest absolute Gasteiger partial charge is 0.465 e. The van der Waals surface area contributed by atoms with Gasteiger partial charge in [0.05, 0.1) is 12.7 Å². The third-order valence-electron chi connectivity index (χ3n) is 3.35. The molecule has 0 aliphatic rings. The van der Waals surface area contributed by atoms with Crippen LogP contribution >= 0.6 is 0 Å². The number of pyridine rings is 1. The molecule has 110 valence electrons. The highest BCUT2D eigenvalue weighted by atomic mass is 16.5. The van der Waals surface area contributed by atoms with Crippen LogP contribution < -0.4 is 5.56 Å². The minimum atomic E-state index is -0.512. The molecule has 0 spiro atoms. The fraction of sp³-hybridized carbons (Fsp3) is 0.294. The van der Waals surface area contributed by atoms with Crippen LogP contribution in [-0.2, 0) is 10.2 Å². The molecule has 0 N–H and O–H groups in total. The molecule has 0 fully saturated rings. The Labute approximate surface area is 124 Å². The Kier molecular flexibility index (Phi) is 3.98. The summed E-state index contributed by atoms with van der Waals surface area (Å²) in [6, 6.07) is 10.7. The van der Waals surface area contributed by atoms with Crippen molar-refractivity contribution in [3.8, 4) is 5.69 Å². The molecule has 0 atom stereocenters. The van der Waals surface area contributed by atoms with Crippen molar-refractivity contribution in [1.82, 2.24) is 4.57 Å². The van der Waals surface area contributed by atoms with Crippen LogP contribution in [-0.4, -0.2) is 17.6 Å². The zero-order valence-electron chi connectivity index (χ0n) is 12.7. The zero-order chi connectivity index (χ0) is 15.6. The second-order valence-corrected chi connectivity index (χ2v) is 5.91. The zero-order valence-corrected chi connectivity index (χ0v) is 12.7. The highest BCUT2D eigenvalue weighted by Gasteiger charge is 2.13. The Morgan fingerprint density at radius 2 is 1.71 bits per heavy atom. The third-order valence-corrected chi connectivity index (χ3v) is 3.35. The van der Waals surface area contributed by atoms with Gasteiger partial charge in [0.2, 0.25) is 0 Å². The lowest BCUT2D eigenvalue weighted by molar-refractivity contribution is 0.0600. The molecule has 1 aromatic carbocycles. The summed E-state index contributed by atoms with van der Waals surface area (Å²) in [7, 11) is 1.29. The van der Waals surface area contributed by atoms with E-state index >= 15 is 0 Å². The maximum Gasteiger partial charge on any atom is 0.338 e. The van der Waals surface area contributed by atoms with E-state index in [0.29, 0.717) is 0 Å². The molecule has 2 rings (SSSR count). The van der Waals surface area contributed by atoms with E-state index in [1.165, 1.54) is 23.3 Å². The number of esters is 1. The lowest BCUT2D eigenvalue weighted by Gasteiger charge is -2.19. The van der Waals surface area contributed by atoms with Crippen molar-refractivity contribution in [3.63, 3.8) is 0 Å². The summed E-state index contributed by atoms with van der Waals surface area (Å²) < 4.78 is 6.10. The van der Waals surface area contributed by atoms with Crippen molar-refractivity contribution < 1.29 is 9.53 Å². The van der Waals surface area contributed by atoms with Crippen molar-refractivity contribution in [1.29, 1.82) is 0 Å². The second-order valence-electron chi connectivity index (χ2n) is 5.91. The summed E-state index contributed by atoms with van der Waals surface area (Å²) in [6.07, 6.45) is 1.58. The Balaban J connectivity index is 2.39. The standard InChI is InChI=1S/C17H19NO3/c1-17(2,3)13-5-7-14(8-6-13)18-10-9-12(11-15(18)19)16(20)21-4/h5-11H,1-4H3. The molecule has 1 heterocycles. The fourth-order valence-electron chi connectivity index (χ4n) is 2.06. The lowest BCUT2D eigenvalue weighted by Crippen LogP contribution is -2.19. The molecule has 0 saturated carbocycles. The van der Waals surface area contributed by atoms with E-state index in [2.05, 4.69) is 25.5 Å². The molecule has 4 heteroatoms. The van der Waals surface area contributed by atoms with E-state index < -0.39 is 5.97 Å². The van der Waals surface area contributed by atoms with Gasteiger partial charge < -0.3 is 4.74 Å². The van der Waals surface area contributed by atoms with Gasteiger partial charge in [0.25, 0.3) is 5.56 Å². The van der Waals surface area contributed by atoms with E-state index in [0.717, 1.165) is 5.69 Å². The molecule has 2 aromatic rings. The summed E-state index contributed by atoms with van der Waals surface area (Å²) in [5, 5.41) is 0. The van der Waals surface area contributed by atoms with Crippen LogP contribution in [0, 0.1) is 0 Å². The van der Waals surface area contributed by atoms with E-state index in [4.69, 9.17) is 0 Å². The monoisotopic (exact) mass is 285 g/mol. The Morgan fingerprint density at radius 3 is 2.19 bits per heavy atom. The summed E-state index contributed by atoms with van der Waals surface area (Å²) >= 11 is 0. The molecule has 21 heavy (non-hydrogen) atoms. The van der Waals surface area contributed by atoms with Crippen LogP contribution in [0.5, 0.6) is 0 Å². The van der Waals surface area contributed by atoms with E-state index in [-0.39, 0.29) is 16.5 Å². The van der Waals surface area contributed by atoms with Crippen LogP contribution in [0.2, 0.25) is 0 Å². The highest BCUT2D eigenvalue weighted by Crippen LogP contribution is 2.22. The molecule has 0 aliphatic heterocycles. The summed E-state index contributed by atoms with van der Waals surface area (Å²) in [5.41, 5.74) is 2.03. The van der Waals surface area contributed by atoms with Crippen molar-refractivity contribution >= 4 is 5.97 Å². The Bertz CT molecular complexity index is 706. The van der Waals surface area contributed by atoms with Crippen LogP contribution in [0.1, 0.15) is 36.7 Å². The number of carbonyl (C=O) groups is 1. The van der Waals surface area contributed by atoms with Gasteiger partial charge in [-0.2, -0.15) is 0 Å². The molecule has 0 saturated heterocycles. The molecule has 4 nitrogen and oxygen atoms in total. The average molecular weight is 285 g/mol. The van der Waals surface area contributed by atoms with Gasteiger partial charge >= 0.3 is 5.97 Å². The quantitative estimate of drug-likeness (QED) is 0.797. The predicted molar refractivity (Wildman–Crippen MR) is 82.1 cm³/mol. The first-order valence-electron chi connectivity index (χ1n) is 6.75. The van der Waals surface area contributed by atoms with Gasteiger partial charge in [-0.05, 0) is 29.2 Å². The van der Waals surface area contributed by atoms with Crippen LogP contribution in [0.15, 0.2) is 47.4 Å². The second kappa shape index (κ2) is 5.56. The van der Waals surface area contributed by atoms with E-state index in [9.17, 15) is 9.59 Å². The predicted octanol–water partition coefficient (Wildman–Crippen LogP) is 2.92. The van der Waals surface area contributed by atoms with Crippen LogP contribution in [0.4, 0.5) is 0 Å². The minimum absolute atomic E-state index is 0.0677. The van der Waals surface area contributed by atoms with Crippen molar-refractivity contribution in [2.75, 3.05) is 7.11 Å². The number of ether oxygens (including phenoxy) is 1. The number of carbonyl (C=O) groups excluding carboxylic acids is 1. The number of aromatic nitrogens is 1. The number of hydrogen-bond acceptors (Lipinski definition) is 3.